The van der Waals surface area contributed by atoms with Crippen molar-refractivity contribution in [3.8, 4) is 0 Å². The molecule has 0 aromatic carbocycles. The lowest BCUT2D eigenvalue weighted by atomic mass is 10.3. The van der Waals surface area contributed by atoms with Gasteiger partial charge in [-0.05, 0) is 26.7 Å². The lowest BCUT2D eigenvalue weighted by Crippen LogP contribution is -2.07. The first-order valence-electron chi connectivity index (χ1n) is 4.56. The quantitative estimate of drug-likeness (QED) is 0.362. The molecule has 0 aliphatic rings. The van der Waals surface area contributed by atoms with E-state index in [2.05, 4.69) is 0 Å². The van der Waals surface area contributed by atoms with Gasteiger partial charge in [0.2, 0.25) is 0 Å². The van der Waals surface area contributed by atoms with Gasteiger partial charge in [-0.3, -0.25) is 0 Å². The average Bonchev–Trinajstić information content (AvgIpc) is 2.01. The highest BCUT2D eigenvalue weighted by molar-refractivity contribution is 6.20. The van der Waals surface area contributed by atoms with Crippen molar-refractivity contribution in [2.24, 2.45) is 0 Å². The average molecular weight is 229 g/mol. The van der Waals surface area contributed by atoms with Crippen LogP contribution in [-0.4, -0.2) is 30.8 Å². The molecular formula is C9H18Cl2O2. The second-order valence-corrected chi connectivity index (χ2v) is 4.56. The van der Waals surface area contributed by atoms with Gasteiger partial charge in [0, 0.05) is 10.8 Å². The van der Waals surface area contributed by atoms with Gasteiger partial charge >= 0.3 is 0 Å². The molecule has 2 nitrogen and oxygen atoms in total. The molecular weight excluding hydrogens is 211 g/mol. The van der Waals surface area contributed by atoms with Crippen LogP contribution < -0.4 is 0 Å². The highest BCUT2D eigenvalue weighted by Crippen LogP contribution is 2.01. The number of hydrogen-bond acceptors (Lipinski definition) is 2. The third-order valence-electron chi connectivity index (χ3n) is 1.49. The second-order valence-electron chi connectivity index (χ2n) is 3.07. The van der Waals surface area contributed by atoms with E-state index in [1.165, 1.54) is 0 Å². The highest BCUT2D eigenvalue weighted by Gasteiger charge is 1.97. The Morgan fingerprint density at radius 1 is 0.923 bits per heavy atom. The van der Waals surface area contributed by atoms with Crippen molar-refractivity contribution in [2.75, 3.05) is 20.0 Å². The van der Waals surface area contributed by atoms with Crippen LogP contribution in [0.25, 0.3) is 0 Å². The van der Waals surface area contributed by atoms with Crippen molar-refractivity contribution in [3.05, 3.63) is 0 Å². The van der Waals surface area contributed by atoms with E-state index in [4.69, 9.17) is 32.7 Å². The molecule has 13 heavy (non-hydrogen) atoms. The molecule has 0 saturated heterocycles. The predicted octanol–water partition coefficient (Wildman–Crippen LogP) is 3.01. The zero-order valence-electron chi connectivity index (χ0n) is 8.26. The first kappa shape index (κ1) is 13.5. The third-order valence-corrected chi connectivity index (χ3v) is 1.92. The number of halogens is 2. The van der Waals surface area contributed by atoms with Crippen molar-refractivity contribution < 1.29 is 9.47 Å². The van der Waals surface area contributed by atoms with E-state index in [-0.39, 0.29) is 10.8 Å². The van der Waals surface area contributed by atoms with Crippen LogP contribution in [0, 0.1) is 0 Å². The van der Waals surface area contributed by atoms with Gasteiger partial charge < -0.3 is 9.47 Å². The van der Waals surface area contributed by atoms with Crippen LogP contribution in [0.15, 0.2) is 0 Å². The molecule has 0 spiro atoms. The minimum Gasteiger partial charge on any atom is -0.355 e. The maximum absolute atomic E-state index is 5.72. The summed E-state index contributed by atoms with van der Waals surface area (Å²) in [7, 11) is 0. The van der Waals surface area contributed by atoms with Gasteiger partial charge in [-0.25, -0.2) is 0 Å². The molecule has 0 aromatic heterocycles. The normalized spacial score (nSPS) is 15.7. The van der Waals surface area contributed by atoms with E-state index in [9.17, 15) is 0 Å². The maximum atomic E-state index is 5.72. The Kier molecular flexibility index (Phi) is 9.42. The van der Waals surface area contributed by atoms with E-state index >= 15 is 0 Å². The minimum absolute atomic E-state index is 0.169. The van der Waals surface area contributed by atoms with E-state index in [0.29, 0.717) is 20.0 Å². The summed E-state index contributed by atoms with van der Waals surface area (Å²) < 4.78 is 10.4. The molecule has 0 N–H and O–H groups in total. The molecule has 0 aliphatic heterocycles. The standard InChI is InChI=1S/C9H18Cl2O2/c1-8(10)3-5-12-7-13-6-4-9(2)11/h8-9H,3-7H2,1-2H3. The Hall–Kier alpha value is 0.500. The summed E-state index contributed by atoms with van der Waals surface area (Å²) in [5.41, 5.74) is 0. The Balaban J connectivity index is 2.92. The van der Waals surface area contributed by atoms with E-state index in [1.807, 2.05) is 13.8 Å². The molecule has 2 atom stereocenters. The molecule has 0 saturated carbocycles. The monoisotopic (exact) mass is 228 g/mol. The summed E-state index contributed by atoms with van der Waals surface area (Å²) in [6.07, 6.45) is 1.72. The Morgan fingerprint density at radius 2 is 1.31 bits per heavy atom. The predicted molar refractivity (Wildman–Crippen MR) is 56.6 cm³/mol. The van der Waals surface area contributed by atoms with Gasteiger partial charge in [-0.15, -0.1) is 23.2 Å². The van der Waals surface area contributed by atoms with Crippen LogP contribution in [0.3, 0.4) is 0 Å². The molecule has 0 bridgehead atoms. The molecule has 80 valence electrons. The van der Waals surface area contributed by atoms with Crippen LogP contribution >= 0.6 is 23.2 Å². The first-order chi connectivity index (χ1) is 6.13. The van der Waals surface area contributed by atoms with Crippen LogP contribution in [0.5, 0.6) is 0 Å². The lowest BCUT2D eigenvalue weighted by molar-refractivity contribution is -0.0546. The summed E-state index contributed by atoms with van der Waals surface area (Å²) in [5, 5.41) is 0.339. The van der Waals surface area contributed by atoms with Crippen LogP contribution in [0.1, 0.15) is 26.7 Å². The van der Waals surface area contributed by atoms with Crippen molar-refractivity contribution in [1.82, 2.24) is 0 Å². The zero-order chi connectivity index (χ0) is 10.1. The fraction of sp³-hybridized carbons (Fsp3) is 1.00. The summed E-state index contributed by atoms with van der Waals surface area (Å²) in [5.74, 6) is 0. The number of hydrogen-bond donors (Lipinski definition) is 0. The fourth-order valence-corrected chi connectivity index (χ4v) is 0.846. The van der Waals surface area contributed by atoms with Crippen LogP contribution in [0.2, 0.25) is 0 Å². The van der Waals surface area contributed by atoms with Gasteiger partial charge in [0.25, 0.3) is 0 Å². The molecule has 0 radical (unpaired) electrons. The topological polar surface area (TPSA) is 18.5 Å². The molecule has 0 rings (SSSR count). The lowest BCUT2D eigenvalue weighted by Gasteiger charge is -2.07. The van der Waals surface area contributed by atoms with E-state index in [1.54, 1.807) is 0 Å². The van der Waals surface area contributed by atoms with E-state index < -0.39 is 0 Å². The van der Waals surface area contributed by atoms with Crippen molar-refractivity contribution >= 4 is 23.2 Å². The second kappa shape index (κ2) is 9.07. The summed E-state index contributed by atoms with van der Waals surface area (Å²) in [6.45, 7) is 5.54. The zero-order valence-corrected chi connectivity index (χ0v) is 9.77. The Bertz CT molecular complexity index is 95.8. The molecule has 0 aromatic rings. The van der Waals surface area contributed by atoms with Crippen molar-refractivity contribution in [2.45, 2.75) is 37.4 Å². The van der Waals surface area contributed by atoms with Crippen LogP contribution in [-0.2, 0) is 9.47 Å². The van der Waals surface area contributed by atoms with E-state index in [0.717, 1.165) is 12.8 Å². The van der Waals surface area contributed by atoms with Gasteiger partial charge in [-0.2, -0.15) is 0 Å². The number of rotatable bonds is 8. The first-order valence-corrected chi connectivity index (χ1v) is 5.44. The molecule has 4 heteroatoms. The third kappa shape index (κ3) is 12.5. The van der Waals surface area contributed by atoms with Gasteiger partial charge in [0.15, 0.2) is 0 Å². The van der Waals surface area contributed by atoms with Crippen LogP contribution in [0.4, 0.5) is 0 Å². The summed E-state index contributed by atoms with van der Waals surface area (Å²) >= 11 is 11.4. The number of ether oxygens (including phenoxy) is 2. The Morgan fingerprint density at radius 3 is 1.62 bits per heavy atom. The van der Waals surface area contributed by atoms with Gasteiger partial charge in [-0.1, -0.05) is 0 Å². The SMILES string of the molecule is CC(Cl)CCOCOCCC(C)Cl. The Labute approximate surface area is 90.5 Å². The summed E-state index contributed by atoms with van der Waals surface area (Å²) in [4.78, 5) is 0. The largest absolute Gasteiger partial charge is 0.355 e. The highest BCUT2D eigenvalue weighted by atomic mass is 35.5. The summed E-state index contributed by atoms with van der Waals surface area (Å²) in [6, 6.07) is 0. The molecule has 0 heterocycles. The van der Waals surface area contributed by atoms with Gasteiger partial charge in [0.1, 0.15) is 6.79 Å². The van der Waals surface area contributed by atoms with Crippen molar-refractivity contribution in [1.29, 1.82) is 0 Å². The fourth-order valence-electron chi connectivity index (χ4n) is 0.668. The molecule has 2 unspecified atom stereocenters. The molecule has 0 fully saturated rings. The molecule has 0 aliphatic carbocycles. The smallest absolute Gasteiger partial charge is 0.146 e. The minimum atomic E-state index is 0.169. The van der Waals surface area contributed by atoms with Crippen molar-refractivity contribution in [3.63, 3.8) is 0 Å². The maximum Gasteiger partial charge on any atom is 0.146 e. The molecule has 0 amide bonds. The number of alkyl halides is 2. The van der Waals surface area contributed by atoms with Gasteiger partial charge in [0.05, 0.1) is 13.2 Å².